The van der Waals surface area contributed by atoms with Crippen molar-refractivity contribution < 1.29 is 0 Å². The van der Waals surface area contributed by atoms with Crippen LogP contribution < -0.4 is 0 Å². The summed E-state index contributed by atoms with van der Waals surface area (Å²) in [4.78, 5) is 0.814. The highest BCUT2D eigenvalue weighted by Gasteiger charge is 2.14. The van der Waals surface area contributed by atoms with Gasteiger partial charge in [-0.05, 0) is 12.1 Å². The van der Waals surface area contributed by atoms with Crippen molar-refractivity contribution in [3.05, 3.63) is 35.1 Å². The van der Waals surface area contributed by atoms with Crippen LogP contribution in [0.1, 0.15) is 25.6 Å². The van der Waals surface area contributed by atoms with Gasteiger partial charge in [0.1, 0.15) is 5.01 Å². The van der Waals surface area contributed by atoms with Gasteiger partial charge in [0.2, 0.25) is 4.96 Å². The first kappa shape index (κ1) is 11.6. The molecule has 2 aromatic heterocycles. The van der Waals surface area contributed by atoms with E-state index >= 15 is 0 Å². The van der Waals surface area contributed by atoms with E-state index in [0.717, 1.165) is 21.4 Å². The molecule has 0 aliphatic heterocycles. The summed E-state index contributed by atoms with van der Waals surface area (Å²) >= 11 is 7.51. The van der Waals surface area contributed by atoms with Crippen LogP contribution in [0.4, 0.5) is 0 Å². The second kappa shape index (κ2) is 4.33. The van der Waals surface area contributed by atoms with Gasteiger partial charge in [-0.3, -0.25) is 0 Å². The van der Waals surface area contributed by atoms with Crippen molar-refractivity contribution in [2.45, 2.75) is 19.8 Å². The monoisotopic (exact) mass is 278 g/mol. The van der Waals surface area contributed by atoms with Crippen molar-refractivity contribution in [1.29, 1.82) is 0 Å². The lowest BCUT2D eigenvalue weighted by molar-refractivity contribution is 0.727. The molecule has 0 amide bonds. The SMILES string of the molecule is CC(C)c1nnc2sc(-c3cccc(Cl)c3)nn12. The third-order valence-electron chi connectivity index (χ3n) is 2.60. The molecule has 0 aliphatic carbocycles. The summed E-state index contributed by atoms with van der Waals surface area (Å²) in [6.07, 6.45) is 0. The predicted molar refractivity (Wildman–Crippen MR) is 73.2 cm³/mol. The Kier molecular flexibility index (Phi) is 2.80. The first-order valence-electron chi connectivity index (χ1n) is 5.63. The van der Waals surface area contributed by atoms with Crippen molar-refractivity contribution in [2.75, 3.05) is 0 Å². The van der Waals surface area contributed by atoms with Crippen molar-refractivity contribution in [1.82, 2.24) is 19.8 Å². The standard InChI is InChI=1S/C12H11ClN4S/c1-7(2)10-14-15-12-17(10)16-11(18-12)8-4-3-5-9(13)6-8/h3-7H,1-2H3. The number of halogens is 1. The topological polar surface area (TPSA) is 43.1 Å². The number of fused-ring (bicyclic) bond motifs is 1. The van der Waals surface area contributed by atoms with Crippen LogP contribution in [0.2, 0.25) is 5.02 Å². The van der Waals surface area contributed by atoms with Crippen LogP contribution in [0.3, 0.4) is 0 Å². The van der Waals surface area contributed by atoms with Crippen LogP contribution in [0.15, 0.2) is 24.3 Å². The third-order valence-corrected chi connectivity index (χ3v) is 3.79. The van der Waals surface area contributed by atoms with Crippen LogP contribution in [-0.4, -0.2) is 19.8 Å². The Balaban J connectivity index is 2.14. The Morgan fingerprint density at radius 3 is 2.83 bits per heavy atom. The average molecular weight is 279 g/mol. The van der Waals surface area contributed by atoms with Gasteiger partial charge in [-0.1, -0.05) is 48.9 Å². The summed E-state index contributed by atoms with van der Waals surface area (Å²) in [6, 6.07) is 7.67. The molecule has 1 aromatic carbocycles. The van der Waals surface area contributed by atoms with Crippen molar-refractivity contribution >= 4 is 27.9 Å². The van der Waals surface area contributed by atoms with Crippen molar-refractivity contribution in [3.63, 3.8) is 0 Å². The van der Waals surface area contributed by atoms with Crippen LogP contribution in [0, 0.1) is 0 Å². The average Bonchev–Trinajstić information content (AvgIpc) is 2.87. The molecule has 0 N–H and O–H groups in total. The molecule has 0 unspecified atom stereocenters. The number of hydrogen-bond donors (Lipinski definition) is 0. The summed E-state index contributed by atoms with van der Waals surface area (Å²) in [5.41, 5.74) is 1.01. The second-order valence-corrected chi connectivity index (χ2v) is 5.72. The molecular weight excluding hydrogens is 268 g/mol. The molecule has 4 nitrogen and oxygen atoms in total. The summed E-state index contributed by atoms with van der Waals surface area (Å²) in [5, 5.41) is 14.5. The lowest BCUT2D eigenvalue weighted by Crippen LogP contribution is -1.97. The lowest BCUT2D eigenvalue weighted by atomic mass is 10.2. The fourth-order valence-corrected chi connectivity index (χ4v) is 2.76. The molecule has 0 atom stereocenters. The normalized spacial score (nSPS) is 11.6. The van der Waals surface area contributed by atoms with Gasteiger partial charge < -0.3 is 0 Å². The van der Waals surface area contributed by atoms with Gasteiger partial charge in [0.15, 0.2) is 5.82 Å². The van der Waals surface area contributed by atoms with Gasteiger partial charge in [0.05, 0.1) is 0 Å². The highest BCUT2D eigenvalue weighted by atomic mass is 35.5. The maximum atomic E-state index is 5.99. The molecule has 6 heteroatoms. The van der Waals surface area contributed by atoms with Crippen LogP contribution in [0.25, 0.3) is 15.5 Å². The van der Waals surface area contributed by atoms with E-state index in [0.29, 0.717) is 10.9 Å². The molecule has 0 fully saturated rings. The molecular formula is C12H11ClN4S. The molecule has 0 aliphatic rings. The fraction of sp³-hybridized carbons (Fsp3) is 0.250. The quantitative estimate of drug-likeness (QED) is 0.719. The minimum absolute atomic E-state index is 0.300. The first-order chi connectivity index (χ1) is 8.65. The molecule has 3 rings (SSSR count). The summed E-state index contributed by atoms with van der Waals surface area (Å²) in [7, 11) is 0. The Hall–Kier alpha value is -1.46. The Bertz CT molecular complexity index is 701. The molecule has 92 valence electrons. The molecule has 0 saturated carbocycles. The van der Waals surface area contributed by atoms with E-state index in [1.54, 1.807) is 0 Å². The number of rotatable bonds is 2. The third kappa shape index (κ3) is 1.89. The lowest BCUT2D eigenvalue weighted by Gasteiger charge is -1.98. The minimum atomic E-state index is 0.300. The van der Waals surface area contributed by atoms with Crippen LogP contribution in [-0.2, 0) is 0 Å². The summed E-state index contributed by atoms with van der Waals surface area (Å²) in [5.74, 6) is 1.18. The zero-order valence-corrected chi connectivity index (χ0v) is 11.5. The summed E-state index contributed by atoms with van der Waals surface area (Å²) < 4.78 is 1.81. The van der Waals surface area contributed by atoms with E-state index in [1.165, 1.54) is 11.3 Å². The maximum Gasteiger partial charge on any atom is 0.234 e. The highest BCUT2D eigenvalue weighted by molar-refractivity contribution is 7.19. The van der Waals surface area contributed by atoms with Crippen LogP contribution >= 0.6 is 22.9 Å². The number of benzene rings is 1. The molecule has 18 heavy (non-hydrogen) atoms. The zero-order valence-electron chi connectivity index (χ0n) is 9.96. The van der Waals surface area contributed by atoms with Crippen molar-refractivity contribution in [2.24, 2.45) is 0 Å². The molecule has 3 aromatic rings. The second-order valence-electron chi connectivity index (χ2n) is 4.32. The van der Waals surface area contributed by atoms with E-state index < -0.39 is 0 Å². The molecule has 2 heterocycles. The Morgan fingerprint density at radius 2 is 2.11 bits per heavy atom. The molecule has 0 spiro atoms. The maximum absolute atomic E-state index is 5.99. The Labute approximate surface area is 113 Å². The number of aromatic nitrogens is 4. The van der Waals surface area contributed by atoms with Gasteiger partial charge in [0.25, 0.3) is 0 Å². The van der Waals surface area contributed by atoms with E-state index in [4.69, 9.17) is 11.6 Å². The van der Waals surface area contributed by atoms with Gasteiger partial charge in [-0.25, -0.2) is 0 Å². The van der Waals surface area contributed by atoms with E-state index in [-0.39, 0.29) is 0 Å². The molecule has 0 radical (unpaired) electrons. The molecule has 0 saturated heterocycles. The number of hydrogen-bond acceptors (Lipinski definition) is 4. The first-order valence-corrected chi connectivity index (χ1v) is 6.82. The molecule has 0 bridgehead atoms. The Morgan fingerprint density at radius 1 is 1.28 bits per heavy atom. The van der Waals surface area contributed by atoms with Gasteiger partial charge >= 0.3 is 0 Å². The zero-order chi connectivity index (χ0) is 12.7. The van der Waals surface area contributed by atoms with Crippen LogP contribution in [0.5, 0.6) is 0 Å². The largest absolute Gasteiger partial charge is 0.234 e. The fourth-order valence-electron chi connectivity index (χ4n) is 1.73. The van der Waals surface area contributed by atoms with Gasteiger partial charge in [-0.15, -0.1) is 10.2 Å². The van der Waals surface area contributed by atoms with Crippen molar-refractivity contribution in [3.8, 4) is 10.6 Å². The highest BCUT2D eigenvalue weighted by Crippen LogP contribution is 2.28. The van der Waals surface area contributed by atoms with E-state index in [1.807, 2.05) is 28.8 Å². The van der Waals surface area contributed by atoms with E-state index in [9.17, 15) is 0 Å². The van der Waals surface area contributed by atoms with E-state index in [2.05, 4.69) is 29.1 Å². The smallest absolute Gasteiger partial charge is 0.187 e. The number of nitrogens with zero attached hydrogens (tertiary/aromatic N) is 4. The predicted octanol–water partition coefficient (Wildman–Crippen LogP) is 3.63. The summed E-state index contributed by atoms with van der Waals surface area (Å²) in [6.45, 7) is 4.16. The minimum Gasteiger partial charge on any atom is -0.187 e. The van der Waals surface area contributed by atoms with Gasteiger partial charge in [-0.2, -0.15) is 9.61 Å². The van der Waals surface area contributed by atoms with Gasteiger partial charge in [0, 0.05) is 16.5 Å².